The van der Waals surface area contributed by atoms with Gasteiger partial charge in [-0.3, -0.25) is 0 Å². The SMILES string of the molecule is CCN(C)C(=O)N(C)CC1CC(N)C1. The number of amides is 2. The lowest BCUT2D eigenvalue weighted by molar-refractivity contribution is 0.148. The second-order valence-electron chi connectivity index (χ2n) is 4.27. The molecule has 0 spiro atoms. The van der Waals surface area contributed by atoms with Crippen molar-refractivity contribution in [1.82, 2.24) is 9.80 Å². The van der Waals surface area contributed by atoms with E-state index in [1.165, 1.54) is 0 Å². The van der Waals surface area contributed by atoms with Crippen LogP contribution in [0.2, 0.25) is 0 Å². The van der Waals surface area contributed by atoms with E-state index in [0.717, 1.165) is 25.9 Å². The molecule has 82 valence electrons. The predicted octanol–water partition coefficient (Wildman–Crippen LogP) is 0.727. The summed E-state index contributed by atoms with van der Waals surface area (Å²) in [5.74, 6) is 0.615. The average molecular weight is 199 g/mol. The van der Waals surface area contributed by atoms with E-state index < -0.39 is 0 Å². The largest absolute Gasteiger partial charge is 0.328 e. The van der Waals surface area contributed by atoms with Crippen LogP contribution in [0.5, 0.6) is 0 Å². The molecule has 0 aromatic heterocycles. The fraction of sp³-hybridized carbons (Fsp3) is 0.900. The Morgan fingerprint density at radius 1 is 1.36 bits per heavy atom. The predicted molar refractivity (Wildman–Crippen MR) is 57.0 cm³/mol. The molecular formula is C10H21N3O. The molecule has 0 unspecified atom stereocenters. The highest BCUT2D eigenvalue weighted by atomic mass is 16.2. The van der Waals surface area contributed by atoms with Gasteiger partial charge in [0.05, 0.1) is 0 Å². The molecule has 14 heavy (non-hydrogen) atoms. The molecule has 0 atom stereocenters. The Bertz CT molecular complexity index is 202. The van der Waals surface area contributed by atoms with Crippen LogP contribution in [-0.4, -0.2) is 49.1 Å². The van der Waals surface area contributed by atoms with Crippen molar-refractivity contribution in [3.63, 3.8) is 0 Å². The molecule has 0 bridgehead atoms. The molecule has 4 nitrogen and oxygen atoms in total. The number of carbonyl (C=O) groups is 1. The van der Waals surface area contributed by atoms with Crippen molar-refractivity contribution >= 4 is 6.03 Å². The maximum absolute atomic E-state index is 11.7. The number of nitrogens with zero attached hydrogens (tertiary/aromatic N) is 2. The first-order chi connectivity index (χ1) is 6.54. The zero-order valence-corrected chi connectivity index (χ0v) is 9.36. The number of hydrogen-bond donors (Lipinski definition) is 1. The smallest absolute Gasteiger partial charge is 0.319 e. The number of urea groups is 1. The van der Waals surface area contributed by atoms with Gasteiger partial charge < -0.3 is 15.5 Å². The summed E-state index contributed by atoms with van der Waals surface area (Å²) in [6, 6.07) is 0.473. The lowest BCUT2D eigenvalue weighted by Crippen LogP contribution is -2.46. The van der Waals surface area contributed by atoms with Crippen molar-refractivity contribution < 1.29 is 4.79 Å². The average Bonchev–Trinajstić information content (AvgIpc) is 2.12. The lowest BCUT2D eigenvalue weighted by atomic mass is 9.81. The molecule has 0 radical (unpaired) electrons. The lowest BCUT2D eigenvalue weighted by Gasteiger charge is -2.36. The fourth-order valence-corrected chi connectivity index (χ4v) is 1.83. The summed E-state index contributed by atoms with van der Waals surface area (Å²) >= 11 is 0. The summed E-state index contributed by atoms with van der Waals surface area (Å²) in [6.07, 6.45) is 2.13. The molecule has 1 saturated carbocycles. The number of nitrogens with two attached hydrogens (primary N) is 1. The van der Waals surface area contributed by atoms with E-state index in [-0.39, 0.29) is 6.03 Å². The minimum atomic E-state index is 0.105. The third kappa shape index (κ3) is 2.61. The van der Waals surface area contributed by atoms with Crippen LogP contribution in [-0.2, 0) is 0 Å². The molecule has 0 heterocycles. The Kier molecular flexibility index (Phi) is 3.75. The Morgan fingerprint density at radius 2 is 1.93 bits per heavy atom. The normalized spacial score (nSPS) is 25.4. The van der Waals surface area contributed by atoms with Crippen LogP contribution in [0.3, 0.4) is 0 Å². The fourth-order valence-electron chi connectivity index (χ4n) is 1.83. The van der Waals surface area contributed by atoms with Crippen LogP contribution in [0.1, 0.15) is 19.8 Å². The van der Waals surface area contributed by atoms with Gasteiger partial charge in [0.1, 0.15) is 0 Å². The molecule has 1 aliphatic rings. The van der Waals surface area contributed by atoms with Crippen LogP contribution >= 0.6 is 0 Å². The van der Waals surface area contributed by atoms with E-state index in [1.54, 1.807) is 9.80 Å². The Labute approximate surface area is 86.0 Å². The molecule has 0 aromatic rings. The van der Waals surface area contributed by atoms with Gasteiger partial charge in [-0.25, -0.2) is 4.79 Å². The first-order valence-electron chi connectivity index (χ1n) is 5.26. The third-order valence-electron chi connectivity index (χ3n) is 2.93. The summed E-state index contributed by atoms with van der Waals surface area (Å²) in [4.78, 5) is 15.2. The molecule has 1 aliphatic carbocycles. The Balaban J connectivity index is 2.27. The Morgan fingerprint density at radius 3 is 2.36 bits per heavy atom. The van der Waals surface area contributed by atoms with Crippen molar-refractivity contribution in [3.05, 3.63) is 0 Å². The van der Waals surface area contributed by atoms with Crippen LogP contribution in [0.4, 0.5) is 4.79 Å². The van der Waals surface area contributed by atoms with Gasteiger partial charge in [-0.05, 0) is 25.7 Å². The first-order valence-corrected chi connectivity index (χ1v) is 5.26. The summed E-state index contributed by atoms with van der Waals surface area (Å²) < 4.78 is 0. The van der Waals surface area contributed by atoms with Crippen molar-refractivity contribution in [2.75, 3.05) is 27.2 Å². The number of rotatable bonds is 3. The molecule has 4 heteroatoms. The van der Waals surface area contributed by atoms with E-state index in [0.29, 0.717) is 12.0 Å². The number of carbonyl (C=O) groups excluding carboxylic acids is 1. The first kappa shape index (κ1) is 11.3. The van der Waals surface area contributed by atoms with Crippen LogP contribution in [0.25, 0.3) is 0 Å². The van der Waals surface area contributed by atoms with Gasteiger partial charge in [-0.1, -0.05) is 0 Å². The minimum Gasteiger partial charge on any atom is -0.328 e. The van der Waals surface area contributed by atoms with Gasteiger partial charge in [0.2, 0.25) is 0 Å². The summed E-state index contributed by atoms with van der Waals surface area (Å²) in [5.41, 5.74) is 5.69. The third-order valence-corrected chi connectivity index (χ3v) is 2.93. The maximum Gasteiger partial charge on any atom is 0.319 e. The second-order valence-corrected chi connectivity index (χ2v) is 4.27. The standard InChI is InChI=1S/C10H21N3O/c1-4-12(2)10(14)13(3)7-8-5-9(11)6-8/h8-9H,4-7,11H2,1-3H3. The highest BCUT2D eigenvalue weighted by molar-refractivity contribution is 5.73. The molecular weight excluding hydrogens is 178 g/mol. The minimum absolute atomic E-state index is 0.105. The van der Waals surface area contributed by atoms with Crippen molar-refractivity contribution in [3.8, 4) is 0 Å². The topological polar surface area (TPSA) is 49.6 Å². The molecule has 0 aliphatic heterocycles. The van der Waals surface area contributed by atoms with Gasteiger partial charge in [-0.2, -0.15) is 0 Å². The molecule has 2 amide bonds. The van der Waals surface area contributed by atoms with Gasteiger partial charge in [0.15, 0.2) is 0 Å². The van der Waals surface area contributed by atoms with E-state index in [9.17, 15) is 4.79 Å². The maximum atomic E-state index is 11.7. The van der Waals surface area contributed by atoms with Gasteiger partial charge in [0, 0.05) is 33.2 Å². The molecule has 0 saturated heterocycles. The van der Waals surface area contributed by atoms with E-state index in [2.05, 4.69) is 0 Å². The zero-order valence-electron chi connectivity index (χ0n) is 9.36. The van der Waals surface area contributed by atoms with Crippen LogP contribution in [0.15, 0.2) is 0 Å². The summed E-state index contributed by atoms with van der Waals surface area (Å²) in [7, 11) is 3.68. The molecule has 0 aromatic carbocycles. The van der Waals surface area contributed by atoms with Gasteiger partial charge >= 0.3 is 6.03 Å². The quantitative estimate of drug-likeness (QED) is 0.728. The van der Waals surface area contributed by atoms with Crippen molar-refractivity contribution in [2.24, 2.45) is 11.7 Å². The monoisotopic (exact) mass is 199 g/mol. The zero-order chi connectivity index (χ0) is 10.7. The highest BCUT2D eigenvalue weighted by Gasteiger charge is 2.28. The van der Waals surface area contributed by atoms with Crippen molar-refractivity contribution in [1.29, 1.82) is 0 Å². The highest BCUT2D eigenvalue weighted by Crippen LogP contribution is 2.26. The molecule has 1 rings (SSSR count). The van der Waals surface area contributed by atoms with Crippen LogP contribution in [0, 0.1) is 5.92 Å². The number of hydrogen-bond acceptors (Lipinski definition) is 2. The Hall–Kier alpha value is -0.770. The van der Waals surface area contributed by atoms with E-state index in [4.69, 9.17) is 5.73 Å². The summed E-state index contributed by atoms with van der Waals surface area (Å²) in [6.45, 7) is 3.58. The van der Waals surface area contributed by atoms with Crippen LogP contribution < -0.4 is 5.73 Å². The van der Waals surface area contributed by atoms with Gasteiger partial charge in [0.25, 0.3) is 0 Å². The molecule has 1 fully saturated rings. The summed E-state index contributed by atoms with van der Waals surface area (Å²) in [5, 5.41) is 0. The van der Waals surface area contributed by atoms with Crippen molar-refractivity contribution in [2.45, 2.75) is 25.8 Å². The molecule has 2 N–H and O–H groups in total. The second kappa shape index (κ2) is 4.64. The van der Waals surface area contributed by atoms with E-state index >= 15 is 0 Å². The van der Waals surface area contributed by atoms with Gasteiger partial charge in [-0.15, -0.1) is 0 Å². The van der Waals surface area contributed by atoms with E-state index in [1.807, 2.05) is 21.0 Å².